The third kappa shape index (κ3) is 4.57. The van der Waals surface area contributed by atoms with E-state index < -0.39 is 0 Å². The zero-order valence-corrected chi connectivity index (χ0v) is 17.5. The molecule has 1 aromatic heterocycles. The summed E-state index contributed by atoms with van der Waals surface area (Å²) in [5.41, 5.74) is 2.07. The van der Waals surface area contributed by atoms with Gasteiger partial charge in [-0.2, -0.15) is 0 Å². The number of hydrogen-bond donors (Lipinski definition) is 1. The van der Waals surface area contributed by atoms with E-state index in [9.17, 15) is 9.18 Å². The first-order chi connectivity index (χ1) is 14.0. The van der Waals surface area contributed by atoms with Gasteiger partial charge in [0.25, 0.3) is 5.91 Å². The number of carbonyl (C=O) groups is 1. The van der Waals surface area contributed by atoms with E-state index in [1.54, 1.807) is 25.1 Å². The van der Waals surface area contributed by atoms with Gasteiger partial charge in [0.1, 0.15) is 17.0 Å². The van der Waals surface area contributed by atoms with Crippen molar-refractivity contribution in [2.45, 2.75) is 25.9 Å². The van der Waals surface area contributed by atoms with Crippen LogP contribution in [0.4, 0.5) is 10.1 Å². The van der Waals surface area contributed by atoms with E-state index in [-0.39, 0.29) is 23.4 Å². The zero-order valence-electron chi connectivity index (χ0n) is 15.9. The Labute approximate surface area is 175 Å². The van der Waals surface area contributed by atoms with Crippen LogP contribution in [0.2, 0.25) is 0 Å². The van der Waals surface area contributed by atoms with Gasteiger partial charge in [0.2, 0.25) is 5.55 Å². The average Bonchev–Trinajstić information content (AvgIpc) is 3.22. The molecule has 1 amide bonds. The molecule has 1 aliphatic rings. The Morgan fingerprint density at radius 1 is 1.28 bits per heavy atom. The van der Waals surface area contributed by atoms with Crippen LogP contribution in [0.15, 0.2) is 56.3 Å². The SMILES string of the molecule is Cc1cc(N=c2oc3ccc(Br)cc3cc2C(=O)NCC2CCCO2)ccc1F. The maximum absolute atomic E-state index is 13.6. The Morgan fingerprint density at radius 3 is 2.90 bits per heavy atom. The molecule has 7 heteroatoms. The van der Waals surface area contributed by atoms with E-state index in [0.717, 1.165) is 29.3 Å². The first-order valence-corrected chi connectivity index (χ1v) is 10.2. The highest BCUT2D eigenvalue weighted by Crippen LogP contribution is 2.21. The molecule has 0 radical (unpaired) electrons. The van der Waals surface area contributed by atoms with E-state index in [4.69, 9.17) is 9.15 Å². The number of aryl methyl sites for hydroxylation is 1. The van der Waals surface area contributed by atoms with Crippen LogP contribution < -0.4 is 10.9 Å². The lowest BCUT2D eigenvalue weighted by atomic mass is 10.1. The number of ether oxygens (including phenoxy) is 1. The minimum Gasteiger partial charge on any atom is -0.438 e. The first-order valence-electron chi connectivity index (χ1n) is 9.44. The van der Waals surface area contributed by atoms with Crippen molar-refractivity contribution in [3.05, 3.63) is 69.4 Å². The standard InChI is InChI=1S/C22H20BrFN2O3/c1-13-9-16(5-6-19(13)24)26-22-18(21(27)25-12-17-3-2-8-28-17)11-14-10-15(23)4-7-20(14)29-22/h4-7,9-11,17H,2-3,8,12H2,1H3,(H,25,27). The van der Waals surface area contributed by atoms with Gasteiger partial charge in [-0.05, 0) is 67.8 Å². The van der Waals surface area contributed by atoms with Crippen molar-refractivity contribution in [1.29, 1.82) is 0 Å². The van der Waals surface area contributed by atoms with Gasteiger partial charge in [-0.1, -0.05) is 15.9 Å². The summed E-state index contributed by atoms with van der Waals surface area (Å²) in [6, 6.07) is 11.8. The van der Waals surface area contributed by atoms with Crippen molar-refractivity contribution in [1.82, 2.24) is 5.32 Å². The quantitative estimate of drug-likeness (QED) is 0.611. The molecule has 2 aromatic carbocycles. The van der Waals surface area contributed by atoms with Crippen molar-refractivity contribution in [3.8, 4) is 0 Å². The molecule has 1 unspecified atom stereocenters. The van der Waals surface area contributed by atoms with Crippen molar-refractivity contribution in [2.24, 2.45) is 4.99 Å². The second-order valence-corrected chi connectivity index (χ2v) is 7.95. The van der Waals surface area contributed by atoms with Gasteiger partial charge in [0.05, 0.1) is 11.8 Å². The summed E-state index contributed by atoms with van der Waals surface area (Å²) in [5, 5.41) is 3.69. The fourth-order valence-electron chi connectivity index (χ4n) is 3.27. The minimum absolute atomic E-state index is 0.0330. The van der Waals surface area contributed by atoms with Crippen molar-refractivity contribution < 1.29 is 18.3 Å². The second kappa shape index (κ2) is 8.47. The van der Waals surface area contributed by atoms with Crippen LogP contribution in [0.3, 0.4) is 0 Å². The predicted molar refractivity (Wildman–Crippen MR) is 112 cm³/mol. The summed E-state index contributed by atoms with van der Waals surface area (Å²) in [6.45, 7) is 2.83. The molecule has 150 valence electrons. The van der Waals surface area contributed by atoms with Gasteiger partial charge < -0.3 is 14.5 Å². The summed E-state index contributed by atoms with van der Waals surface area (Å²) in [6.07, 6.45) is 1.97. The van der Waals surface area contributed by atoms with Gasteiger partial charge in [-0.25, -0.2) is 9.38 Å². The Balaban J connectivity index is 1.76. The number of amides is 1. The predicted octanol–water partition coefficient (Wildman–Crippen LogP) is 4.78. The fourth-order valence-corrected chi connectivity index (χ4v) is 3.65. The average molecular weight is 459 g/mol. The molecule has 3 aromatic rings. The molecule has 0 saturated carbocycles. The van der Waals surface area contributed by atoms with Crippen molar-refractivity contribution >= 4 is 38.5 Å². The van der Waals surface area contributed by atoms with E-state index in [1.165, 1.54) is 6.07 Å². The third-order valence-electron chi connectivity index (χ3n) is 4.84. The lowest BCUT2D eigenvalue weighted by Gasteiger charge is -2.11. The molecule has 5 nitrogen and oxygen atoms in total. The normalized spacial score (nSPS) is 17.1. The Morgan fingerprint density at radius 2 is 2.14 bits per heavy atom. The van der Waals surface area contributed by atoms with Gasteiger partial charge >= 0.3 is 0 Å². The second-order valence-electron chi connectivity index (χ2n) is 7.04. The molecule has 29 heavy (non-hydrogen) atoms. The zero-order chi connectivity index (χ0) is 20.4. The number of nitrogens with one attached hydrogen (secondary N) is 1. The maximum Gasteiger partial charge on any atom is 0.256 e. The number of fused-ring (bicyclic) bond motifs is 1. The molecule has 0 spiro atoms. The number of rotatable bonds is 4. The summed E-state index contributed by atoms with van der Waals surface area (Å²) >= 11 is 3.44. The monoisotopic (exact) mass is 458 g/mol. The number of carbonyl (C=O) groups excluding carboxylic acids is 1. The molecular formula is C22H20BrFN2O3. The van der Waals surface area contributed by atoms with Crippen LogP contribution in [-0.2, 0) is 4.74 Å². The van der Waals surface area contributed by atoms with E-state index in [0.29, 0.717) is 28.9 Å². The highest BCUT2D eigenvalue weighted by atomic mass is 79.9. The molecule has 0 bridgehead atoms. The highest BCUT2D eigenvalue weighted by Gasteiger charge is 2.18. The van der Waals surface area contributed by atoms with Crippen LogP contribution >= 0.6 is 15.9 Å². The lowest BCUT2D eigenvalue weighted by Crippen LogP contribution is -2.34. The van der Waals surface area contributed by atoms with Gasteiger partial charge in [-0.15, -0.1) is 0 Å². The number of nitrogens with zero attached hydrogens (tertiary/aromatic N) is 1. The van der Waals surface area contributed by atoms with Crippen LogP contribution in [-0.4, -0.2) is 25.2 Å². The summed E-state index contributed by atoms with van der Waals surface area (Å²) in [5.74, 6) is -0.595. The topological polar surface area (TPSA) is 63.8 Å². The largest absolute Gasteiger partial charge is 0.438 e. The number of halogens is 2. The Hall–Kier alpha value is -2.51. The molecule has 1 N–H and O–H groups in total. The summed E-state index contributed by atoms with van der Waals surface area (Å²) in [7, 11) is 0. The molecule has 4 rings (SSSR count). The van der Waals surface area contributed by atoms with E-state index in [1.807, 2.05) is 18.2 Å². The maximum atomic E-state index is 13.6. The molecule has 1 atom stereocenters. The van der Waals surface area contributed by atoms with Crippen LogP contribution in [0, 0.1) is 12.7 Å². The molecule has 1 fully saturated rings. The number of hydrogen-bond acceptors (Lipinski definition) is 4. The minimum atomic E-state index is -0.307. The summed E-state index contributed by atoms with van der Waals surface area (Å²) < 4.78 is 26.0. The van der Waals surface area contributed by atoms with E-state index in [2.05, 4.69) is 26.2 Å². The fraction of sp³-hybridized carbons (Fsp3) is 0.273. The first kappa shape index (κ1) is 19.8. The van der Waals surface area contributed by atoms with Crippen LogP contribution in [0.5, 0.6) is 0 Å². The Kier molecular flexibility index (Phi) is 5.78. The van der Waals surface area contributed by atoms with Crippen molar-refractivity contribution in [3.63, 3.8) is 0 Å². The molecule has 1 saturated heterocycles. The number of benzene rings is 2. The van der Waals surface area contributed by atoms with Gasteiger partial charge in [0, 0.05) is 23.0 Å². The van der Waals surface area contributed by atoms with Crippen molar-refractivity contribution in [2.75, 3.05) is 13.2 Å². The van der Waals surface area contributed by atoms with Crippen LogP contribution in [0.25, 0.3) is 11.0 Å². The molecule has 0 aliphatic carbocycles. The van der Waals surface area contributed by atoms with Gasteiger partial charge in [0.15, 0.2) is 0 Å². The lowest BCUT2D eigenvalue weighted by molar-refractivity contribution is 0.0854. The summed E-state index contributed by atoms with van der Waals surface area (Å²) in [4.78, 5) is 17.4. The van der Waals surface area contributed by atoms with E-state index >= 15 is 0 Å². The van der Waals surface area contributed by atoms with Gasteiger partial charge in [-0.3, -0.25) is 4.79 Å². The smallest absolute Gasteiger partial charge is 0.256 e. The Bertz CT molecular complexity index is 1140. The highest BCUT2D eigenvalue weighted by molar-refractivity contribution is 9.10. The molecular weight excluding hydrogens is 439 g/mol. The molecule has 1 aliphatic heterocycles. The molecule has 2 heterocycles. The third-order valence-corrected chi connectivity index (χ3v) is 5.33. The van der Waals surface area contributed by atoms with Crippen LogP contribution in [0.1, 0.15) is 28.8 Å².